The standard InChI is InChI=1S/C17H27NO/c1-2-12-19-17-11-7-10-16(13-17)18-14-15-8-5-3-4-6-9-15/h7,10-11,13,15,18H,2-6,8-9,12,14H2,1H3. The number of ether oxygens (including phenoxy) is 1. The first-order valence-electron chi connectivity index (χ1n) is 7.85. The quantitative estimate of drug-likeness (QED) is 0.738. The van der Waals surface area contributed by atoms with Crippen molar-refractivity contribution in [1.82, 2.24) is 0 Å². The fourth-order valence-electron chi connectivity index (χ4n) is 2.75. The lowest BCUT2D eigenvalue weighted by atomic mass is 10.0. The lowest BCUT2D eigenvalue weighted by molar-refractivity contribution is 0.317. The highest BCUT2D eigenvalue weighted by Gasteiger charge is 2.11. The van der Waals surface area contributed by atoms with Gasteiger partial charge in [0.15, 0.2) is 0 Å². The van der Waals surface area contributed by atoms with E-state index in [0.29, 0.717) is 0 Å². The lowest BCUT2D eigenvalue weighted by Gasteiger charge is -2.16. The Hall–Kier alpha value is -1.18. The minimum Gasteiger partial charge on any atom is -0.494 e. The van der Waals surface area contributed by atoms with Gasteiger partial charge < -0.3 is 10.1 Å². The van der Waals surface area contributed by atoms with Gasteiger partial charge in [-0.25, -0.2) is 0 Å². The topological polar surface area (TPSA) is 21.3 Å². The highest BCUT2D eigenvalue weighted by atomic mass is 16.5. The minimum absolute atomic E-state index is 0.798. The van der Waals surface area contributed by atoms with Crippen LogP contribution in [-0.4, -0.2) is 13.2 Å². The molecule has 1 aromatic carbocycles. The maximum atomic E-state index is 5.67. The van der Waals surface area contributed by atoms with Gasteiger partial charge in [0.05, 0.1) is 6.61 Å². The molecule has 0 bridgehead atoms. The van der Waals surface area contributed by atoms with Crippen molar-refractivity contribution >= 4 is 5.69 Å². The van der Waals surface area contributed by atoms with E-state index in [1.807, 2.05) is 6.07 Å². The summed E-state index contributed by atoms with van der Waals surface area (Å²) < 4.78 is 5.67. The summed E-state index contributed by atoms with van der Waals surface area (Å²) in [6, 6.07) is 8.36. The largest absolute Gasteiger partial charge is 0.494 e. The Kier molecular flexibility index (Phi) is 6.06. The Morgan fingerprint density at radius 2 is 1.95 bits per heavy atom. The first-order valence-corrected chi connectivity index (χ1v) is 7.85. The fraction of sp³-hybridized carbons (Fsp3) is 0.647. The van der Waals surface area contributed by atoms with Gasteiger partial charge in [-0.2, -0.15) is 0 Å². The van der Waals surface area contributed by atoms with Crippen LogP contribution in [0.4, 0.5) is 5.69 Å². The monoisotopic (exact) mass is 261 g/mol. The smallest absolute Gasteiger partial charge is 0.121 e. The highest BCUT2D eigenvalue weighted by molar-refractivity contribution is 5.48. The Labute approximate surface area is 117 Å². The fourth-order valence-corrected chi connectivity index (χ4v) is 2.75. The molecule has 1 saturated carbocycles. The molecule has 1 aromatic rings. The summed E-state index contributed by atoms with van der Waals surface area (Å²) in [5, 5.41) is 3.58. The van der Waals surface area contributed by atoms with Crippen molar-refractivity contribution in [3.05, 3.63) is 24.3 Å². The molecule has 2 nitrogen and oxygen atoms in total. The van der Waals surface area contributed by atoms with Gasteiger partial charge in [0, 0.05) is 18.3 Å². The highest BCUT2D eigenvalue weighted by Crippen LogP contribution is 2.24. The Balaban J connectivity index is 1.81. The van der Waals surface area contributed by atoms with E-state index in [1.165, 1.54) is 44.2 Å². The predicted octanol–water partition coefficient (Wildman–Crippen LogP) is 4.86. The number of nitrogens with one attached hydrogen (secondary N) is 1. The molecular weight excluding hydrogens is 234 g/mol. The molecule has 0 spiro atoms. The van der Waals surface area contributed by atoms with Crippen molar-refractivity contribution in [3.8, 4) is 5.75 Å². The van der Waals surface area contributed by atoms with Crippen LogP contribution in [0.25, 0.3) is 0 Å². The van der Waals surface area contributed by atoms with Crippen LogP contribution in [0.5, 0.6) is 5.75 Å². The van der Waals surface area contributed by atoms with Crippen LogP contribution in [-0.2, 0) is 0 Å². The molecule has 0 unspecified atom stereocenters. The van der Waals surface area contributed by atoms with E-state index in [0.717, 1.165) is 31.2 Å². The van der Waals surface area contributed by atoms with E-state index in [1.54, 1.807) is 0 Å². The van der Waals surface area contributed by atoms with Gasteiger partial charge in [-0.15, -0.1) is 0 Å². The van der Waals surface area contributed by atoms with E-state index in [9.17, 15) is 0 Å². The molecule has 0 amide bonds. The molecule has 0 aliphatic heterocycles. The molecule has 1 fully saturated rings. The van der Waals surface area contributed by atoms with Crippen LogP contribution < -0.4 is 10.1 Å². The molecule has 0 saturated heterocycles. The summed E-state index contributed by atoms with van der Waals surface area (Å²) in [5.41, 5.74) is 1.19. The molecule has 2 rings (SSSR count). The third kappa shape index (κ3) is 5.14. The SMILES string of the molecule is CCCOc1cccc(NCC2CCCCCC2)c1. The summed E-state index contributed by atoms with van der Waals surface area (Å²) in [7, 11) is 0. The number of benzene rings is 1. The normalized spacial score (nSPS) is 16.9. The summed E-state index contributed by atoms with van der Waals surface area (Å²) in [6.45, 7) is 4.04. The molecule has 1 aliphatic rings. The summed E-state index contributed by atoms with van der Waals surface area (Å²) in [5.74, 6) is 1.83. The van der Waals surface area contributed by atoms with E-state index in [4.69, 9.17) is 4.74 Å². The molecule has 0 heterocycles. The van der Waals surface area contributed by atoms with Crippen LogP contribution in [0, 0.1) is 5.92 Å². The molecule has 19 heavy (non-hydrogen) atoms. The second-order valence-corrected chi connectivity index (χ2v) is 5.61. The van der Waals surface area contributed by atoms with Crippen molar-refractivity contribution in [3.63, 3.8) is 0 Å². The number of rotatable bonds is 6. The van der Waals surface area contributed by atoms with E-state index in [2.05, 4.69) is 30.4 Å². The lowest BCUT2D eigenvalue weighted by Crippen LogP contribution is -2.13. The zero-order chi connectivity index (χ0) is 13.3. The molecule has 2 heteroatoms. The van der Waals surface area contributed by atoms with Crippen LogP contribution in [0.3, 0.4) is 0 Å². The van der Waals surface area contributed by atoms with Gasteiger partial charge in [-0.3, -0.25) is 0 Å². The van der Waals surface area contributed by atoms with Gasteiger partial charge in [0.2, 0.25) is 0 Å². The molecular formula is C17H27NO. The third-order valence-electron chi connectivity index (χ3n) is 3.88. The number of hydrogen-bond acceptors (Lipinski definition) is 2. The second-order valence-electron chi connectivity index (χ2n) is 5.61. The Morgan fingerprint density at radius 1 is 1.16 bits per heavy atom. The van der Waals surface area contributed by atoms with Crippen molar-refractivity contribution in [2.75, 3.05) is 18.5 Å². The van der Waals surface area contributed by atoms with Gasteiger partial charge in [0.1, 0.15) is 5.75 Å². The molecule has 1 N–H and O–H groups in total. The number of anilines is 1. The summed E-state index contributed by atoms with van der Waals surface area (Å²) in [4.78, 5) is 0. The molecule has 0 aromatic heterocycles. The van der Waals surface area contributed by atoms with Crippen molar-refractivity contribution < 1.29 is 4.74 Å². The minimum atomic E-state index is 0.798. The molecule has 0 atom stereocenters. The van der Waals surface area contributed by atoms with Crippen molar-refractivity contribution in [2.45, 2.75) is 51.9 Å². The first kappa shape index (κ1) is 14.2. The maximum Gasteiger partial charge on any atom is 0.121 e. The first-order chi connectivity index (χ1) is 9.38. The maximum absolute atomic E-state index is 5.67. The van der Waals surface area contributed by atoms with Crippen LogP contribution >= 0.6 is 0 Å². The molecule has 106 valence electrons. The van der Waals surface area contributed by atoms with E-state index >= 15 is 0 Å². The van der Waals surface area contributed by atoms with Gasteiger partial charge in [-0.1, -0.05) is 38.7 Å². The third-order valence-corrected chi connectivity index (χ3v) is 3.88. The average Bonchev–Trinajstić information content (AvgIpc) is 2.72. The molecule has 0 radical (unpaired) electrons. The summed E-state index contributed by atoms with van der Waals surface area (Å²) in [6.07, 6.45) is 9.50. The summed E-state index contributed by atoms with van der Waals surface area (Å²) >= 11 is 0. The van der Waals surface area contributed by atoms with Crippen molar-refractivity contribution in [2.24, 2.45) is 5.92 Å². The van der Waals surface area contributed by atoms with Crippen LogP contribution in [0.15, 0.2) is 24.3 Å². The van der Waals surface area contributed by atoms with Crippen molar-refractivity contribution in [1.29, 1.82) is 0 Å². The van der Waals surface area contributed by atoms with Gasteiger partial charge >= 0.3 is 0 Å². The Bertz CT molecular complexity index is 356. The average molecular weight is 261 g/mol. The molecule has 1 aliphatic carbocycles. The zero-order valence-corrected chi connectivity index (χ0v) is 12.2. The van der Waals surface area contributed by atoms with Crippen LogP contribution in [0.2, 0.25) is 0 Å². The van der Waals surface area contributed by atoms with E-state index in [-0.39, 0.29) is 0 Å². The van der Waals surface area contributed by atoms with Gasteiger partial charge in [0.25, 0.3) is 0 Å². The predicted molar refractivity (Wildman–Crippen MR) is 81.9 cm³/mol. The second kappa shape index (κ2) is 8.08. The Morgan fingerprint density at radius 3 is 2.68 bits per heavy atom. The number of hydrogen-bond donors (Lipinski definition) is 1. The van der Waals surface area contributed by atoms with Gasteiger partial charge in [-0.05, 0) is 37.3 Å². The van der Waals surface area contributed by atoms with Crippen LogP contribution in [0.1, 0.15) is 51.9 Å². The van der Waals surface area contributed by atoms with E-state index < -0.39 is 0 Å². The zero-order valence-electron chi connectivity index (χ0n) is 12.2.